The third-order valence-electron chi connectivity index (χ3n) is 4.20. The van der Waals surface area contributed by atoms with Gasteiger partial charge >= 0.3 is 0 Å². The number of nitrogens with zero attached hydrogens (tertiary/aromatic N) is 5. The molecule has 3 aromatic rings. The lowest BCUT2D eigenvalue weighted by molar-refractivity contribution is -0.118. The normalized spacial score (nSPS) is 11.2. The summed E-state index contributed by atoms with van der Waals surface area (Å²) in [5, 5.41) is 3.93. The van der Waals surface area contributed by atoms with Crippen molar-refractivity contribution in [2.75, 3.05) is 11.9 Å². The van der Waals surface area contributed by atoms with Crippen LogP contribution in [0.15, 0.2) is 28.8 Å². The van der Waals surface area contributed by atoms with E-state index in [4.69, 9.17) is 4.52 Å². The van der Waals surface area contributed by atoms with E-state index in [-0.39, 0.29) is 5.91 Å². The van der Waals surface area contributed by atoms with E-state index in [9.17, 15) is 4.79 Å². The van der Waals surface area contributed by atoms with Crippen molar-refractivity contribution in [2.24, 2.45) is 7.05 Å². The molecule has 0 unspecified atom stereocenters. The Hall–Kier alpha value is -2.70. The van der Waals surface area contributed by atoms with Crippen LogP contribution in [-0.2, 0) is 24.7 Å². The molecule has 0 aliphatic carbocycles. The number of carbonyl (C=O) groups excluding carboxylic acids is 1. The monoisotopic (exact) mass is 341 g/mol. The summed E-state index contributed by atoms with van der Waals surface area (Å²) in [6.07, 6.45) is 3.49. The Morgan fingerprint density at radius 1 is 1.24 bits per heavy atom. The number of hydrogen-bond acceptors (Lipinski definition) is 5. The molecule has 2 heterocycles. The van der Waals surface area contributed by atoms with Crippen molar-refractivity contribution in [3.63, 3.8) is 0 Å². The first-order valence-corrected chi connectivity index (χ1v) is 8.59. The number of rotatable bonds is 7. The molecule has 0 fully saturated rings. The Bertz CT molecular complexity index is 867. The zero-order chi connectivity index (χ0) is 17.8. The molecule has 0 N–H and O–H groups in total. The quantitative estimate of drug-likeness (QED) is 0.660. The van der Waals surface area contributed by atoms with Gasteiger partial charge in [0.2, 0.25) is 17.7 Å². The molecule has 1 amide bonds. The van der Waals surface area contributed by atoms with Crippen molar-refractivity contribution >= 4 is 22.9 Å². The Balaban J connectivity index is 1.59. The molecule has 0 radical (unpaired) electrons. The SMILES string of the molecule is CCCc1noc(CCCC(=O)N(C)c2nc3ccccc3n2C)n1. The van der Waals surface area contributed by atoms with Gasteiger partial charge in [-0.3, -0.25) is 9.69 Å². The molecule has 0 aliphatic rings. The summed E-state index contributed by atoms with van der Waals surface area (Å²) in [6.45, 7) is 2.07. The van der Waals surface area contributed by atoms with E-state index in [0.29, 0.717) is 31.1 Å². The lowest BCUT2D eigenvalue weighted by atomic mass is 10.2. The Morgan fingerprint density at radius 3 is 2.80 bits per heavy atom. The van der Waals surface area contributed by atoms with Gasteiger partial charge in [0.1, 0.15) is 0 Å². The van der Waals surface area contributed by atoms with Crippen molar-refractivity contribution in [2.45, 2.75) is 39.0 Å². The van der Waals surface area contributed by atoms with Crippen LogP contribution in [0.1, 0.15) is 37.9 Å². The fraction of sp³-hybridized carbons (Fsp3) is 0.444. The number of aryl methyl sites for hydroxylation is 3. The number of para-hydroxylation sites is 2. The minimum atomic E-state index is 0.0201. The highest BCUT2D eigenvalue weighted by molar-refractivity contribution is 5.93. The number of anilines is 1. The Morgan fingerprint density at radius 2 is 2.04 bits per heavy atom. The maximum Gasteiger partial charge on any atom is 0.229 e. The molecule has 0 saturated heterocycles. The number of benzene rings is 1. The highest BCUT2D eigenvalue weighted by Gasteiger charge is 2.17. The number of carbonyl (C=O) groups is 1. The van der Waals surface area contributed by atoms with Gasteiger partial charge in [0.05, 0.1) is 11.0 Å². The molecular formula is C18H23N5O2. The van der Waals surface area contributed by atoms with Crippen LogP contribution in [0.25, 0.3) is 11.0 Å². The number of imidazole rings is 1. The Labute approximate surface area is 146 Å². The van der Waals surface area contributed by atoms with Gasteiger partial charge in [0.15, 0.2) is 5.82 Å². The van der Waals surface area contributed by atoms with E-state index in [0.717, 1.165) is 29.7 Å². The van der Waals surface area contributed by atoms with Gasteiger partial charge in [-0.1, -0.05) is 24.2 Å². The van der Waals surface area contributed by atoms with Crippen LogP contribution < -0.4 is 4.90 Å². The second-order valence-corrected chi connectivity index (χ2v) is 6.12. The van der Waals surface area contributed by atoms with Gasteiger partial charge in [-0.05, 0) is 25.0 Å². The van der Waals surface area contributed by atoms with Crippen molar-refractivity contribution < 1.29 is 9.32 Å². The van der Waals surface area contributed by atoms with Crippen molar-refractivity contribution in [3.05, 3.63) is 36.0 Å². The van der Waals surface area contributed by atoms with Gasteiger partial charge in [0, 0.05) is 33.4 Å². The summed E-state index contributed by atoms with van der Waals surface area (Å²) in [6, 6.07) is 7.85. The maximum absolute atomic E-state index is 12.5. The van der Waals surface area contributed by atoms with Gasteiger partial charge < -0.3 is 9.09 Å². The summed E-state index contributed by atoms with van der Waals surface area (Å²) in [5.74, 6) is 2.00. The predicted octanol–water partition coefficient (Wildman–Crippen LogP) is 2.89. The summed E-state index contributed by atoms with van der Waals surface area (Å²) >= 11 is 0. The first kappa shape index (κ1) is 17.1. The van der Waals surface area contributed by atoms with E-state index in [1.807, 2.05) is 35.9 Å². The molecule has 25 heavy (non-hydrogen) atoms. The largest absolute Gasteiger partial charge is 0.339 e. The lowest BCUT2D eigenvalue weighted by Crippen LogP contribution is -2.28. The fourth-order valence-corrected chi connectivity index (χ4v) is 2.82. The molecule has 0 saturated carbocycles. The van der Waals surface area contributed by atoms with E-state index < -0.39 is 0 Å². The van der Waals surface area contributed by atoms with Crippen molar-refractivity contribution in [1.29, 1.82) is 0 Å². The smallest absolute Gasteiger partial charge is 0.229 e. The molecule has 1 aromatic carbocycles. The van der Waals surface area contributed by atoms with E-state index in [1.54, 1.807) is 11.9 Å². The topological polar surface area (TPSA) is 77.0 Å². The highest BCUT2D eigenvalue weighted by atomic mass is 16.5. The number of fused-ring (bicyclic) bond motifs is 1. The van der Waals surface area contributed by atoms with E-state index >= 15 is 0 Å². The lowest BCUT2D eigenvalue weighted by Gasteiger charge is -2.16. The standard InChI is InChI=1S/C18H23N5O2/c1-4-8-15-20-16(25-21-15)11-7-12-17(24)23(3)18-19-13-9-5-6-10-14(13)22(18)2/h5-6,9-10H,4,7-8,11-12H2,1-3H3. The molecule has 0 bridgehead atoms. The first-order valence-electron chi connectivity index (χ1n) is 8.59. The average molecular weight is 341 g/mol. The van der Waals surface area contributed by atoms with Crippen LogP contribution in [0, 0.1) is 0 Å². The number of aromatic nitrogens is 4. The van der Waals surface area contributed by atoms with Crippen LogP contribution in [0.5, 0.6) is 0 Å². The van der Waals surface area contributed by atoms with Crippen LogP contribution in [-0.4, -0.2) is 32.6 Å². The number of hydrogen-bond donors (Lipinski definition) is 0. The minimum absolute atomic E-state index is 0.0201. The second-order valence-electron chi connectivity index (χ2n) is 6.12. The summed E-state index contributed by atoms with van der Waals surface area (Å²) in [4.78, 5) is 23.0. The van der Waals surface area contributed by atoms with Crippen molar-refractivity contribution in [1.82, 2.24) is 19.7 Å². The van der Waals surface area contributed by atoms with Crippen molar-refractivity contribution in [3.8, 4) is 0 Å². The molecule has 7 nitrogen and oxygen atoms in total. The summed E-state index contributed by atoms with van der Waals surface area (Å²) in [7, 11) is 3.68. The molecule has 0 atom stereocenters. The predicted molar refractivity (Wildman–Crippen MR) is 95.4 cm³/mol. The van der Waals surface area contributed by atoms with Crippen LogP contribution in [0.2, 0.25) is 0 Å². The third-order valence-corrected chi connectivity index (χ3v) is 4.20. The van der Waals surface area contributed by atoms with Gasteiger partial charge in [-0.25, -0.2) is 4.98 Å². The van der Waals surface area contributed by atoms with Gasteiger partial charge in [-0.2, -0.15) is 4.98 Å². The molecule has 0 aliphatic heterocycles. The Kier molecular flexibility index (Phi) is 5.11. The maximum atomic E-state index is 12.5. The van der Waals surface area contributed by atoms with Crippen LogP contribution >= 0.6 is 0 Å². The van der Waals surface area contributed by atoms with Crippen LogP contribution in [0.4, 0.5) is 5.95 Å². The van der Waals surface area contributed by atoms with Gasteiger partial charge in [0.25, 0.3) is 0 Å². The molecule has 2 aromatic heterocycles. The molecule has 0 spiro atoms. The fourth-order valence-electron chi connectivity index (χ4n) is 2.82. The molecule has 132 valence electrons. The van der Waals surface area contributed by atoms with Gasteiger partial charge in [-0.15, -0.1) is 0 Å². The minimum Gasteiger partial charge on any atom is -0.339 e. The zero-order valence-electron chi connectivity index (χ0n) is 14.9. The molecule has 7 heteroatoms. The second kappa shape index (κ2) is 7.46. The highest BCUT2D eigenvalue weighted by Crippen LogP contribution is 2.20. The van der Waals surface area contributed by atoms with E-state index in [2.05, 4.69) is 22.0 Å². The number of amides is 1. The summed E-state index contributed by atoms with van der Waals surface area (Å²) in [5.41, 5.74) is 1.89. The first-order chi connectivity index (χ1) is 12.1. The summed E-state index contributed by atoms with van der Waals surface area (Å²) < 4.78 is 7.13. The average Bonchev–Trinajstić information content (AvgIpc) is 3.19. The van der Waals surface area contributed by atoms with Crippen LogP contribution in [0.3, 0.4) is 0 Å². The third kappa shape index (κ3) is 3.70. The molecular weight excluding hydrogens is 318 g/mol. The zero-order valence-corrected chi connectivity index (χ0v) is 14.9. The van der Waals surface area contributed by atoms with E-state index in [1.165, 1.54) is 0 Å². The molecule has 3 rings (SSSR count).